The molecule has 1 aliphatic heterocycles. The summed E-state index contributed by atoms with van der Waals surface area (Å²) in [6, 6.07) is 2.06. The fourth-order valence-electron chi connectivity index (χ4n) is 2.46. The van der Waals surface area contributed by atoms with E-state index in [9.17, 15) is 0 Å². The normalized spacial score (nSPS) is 16.9. The summed E-state index contributed by atoms with van der Waals surface area (Å²) in [5.74, 6) is 1.26. The molecular formula is C15H25N3O2. The fraction of sp³-hybridized carbons (Fsp3) is 0.733. The van der Waals surface area contributed by atoms with Crippen LogP contribution in [0.4, 0.5) is 5.95 Å². The topological polar surface area (TPSA) is 58.5 Å². The predicted molar refractivity (Wildman–Crippen MR) is 79.1 cm³/mol. The van der Waals surface area contributed by atoms with Crippen LogP contribution >= 0.6 is 0 Å². The predicted octanol–water partition coefficient (Wildman–Crippen LogP) is 1.89. The second-order valence-electron chi connectivity index (χ2n) is 5.67. The van der Waals surface area contributed by atoms with E-state index in [1.165, 1.54) is 0 Å². The number of rotatable bonds is 5. The van der Waals surface area contributed by atoms with Gasteiger partial charge >= 0.3 is 0 Å². The number of ether oxygens (including phenoxy) is 1. The lowest BCUT2D eigenvalue weighted by Gasteiger charge is -2.32. The van der Waals surface area contributed by atoms with Crippen LogP contribution in [0.15, 0.2) is 6.07 Å². The molecule has 0 aliphatic carbocycles. The Morgan fingerprint density at radius 2 is 2.05 bits per heavy atom. The fourth-order valence-corrected chi connectivity index (χ4v) is 2.46. The number of aromatic nitrogens is 2. The Bertz CT molecular complexity index is 429. The van der Waals surface area contributed by atoms with Gasteiger partial charge in [-0.2, -0.15) is 0 Å². The molecule has 1 aromatic rings. The summed E-state index contributed by atoms with van der Waals surface area (Å²) in [7, 11) is 0. The third-order valence-corrected chi connectivity index (χ3v) is 3.62. The van der Waals surface area contributed by atoms with Gasteiger partial charge in [0.2, 0.25) is 5.95 Å². The number of nitrogens with zero attached hydrogens (tertiary/aromatic N) is 3. The Kier molecular flexibility index (Phi) is 5.31. The molecule has 1 aliphatic rings. The van der Waals surface area contributed by atoms with E-state index in [2.05, 4.69) is 34.8 Å². The van der Waals surface area contributed by atoms with Gasteiger partial charge < -0.3 is 14.7 Å². The van der Waals surface area contributed by atoms with E-state index in [1.807, 2.05) is 6.92 Å². The average Bonchev–Trinajstić information content (AvgIpc) is 2.45. The van der Waals surface area contributed by atoms with Crippen molar-refractivity contribution in [3.63, 3.8) is 0 Å². The van der Waals surface area contributed by atoms with Crippen LogP contribution in [0.3, 0.4) is 0 Å². The maximum Gasteiger partial charge on any atom is 0.225 e. The SMILES string of the molecule is Cc1cc(C(C)C)nc(N2CCC(OCCO)CC2)n1. The van der Waals surface area contributed by atoms with Gasteiger partial charge in [0, 0.05) is 24.5 Å². The van der Waals surface area contributed by atoms with Crippen LogP contribution in [0.2, 0.25) is 0 Å². The van der Waals surface area contributed by atoms with Crippen molar-refractivity contribution in [3.05, 3.63) is 17.5 Å². The van der Waals surface area contributed by atoms with Gasteiger partial charge in [0.05, 0.1) is 19.3 Å². The van der Waals surface area contributed by atoms with Crippen LogP contribution in [0.5, 0.6) is 0 Å². The van der Waals surface area contributed by atoms with Crippen molar-refractivity contribution < 1.29 is 9.84 Å². The number of anilines is 1. The third-order valence-electron chi connectivity index (χ3n) is 3.62. The summed E-state index contributed by atoms with van der Waals surface area (Å²) in [5.41, 5.74) is 2.13. The monoisotopic (exact) mass is 279 g/mol. The Balaban J connectivity index is 1.99. The minimum Gasteiger partial charge on any atom is -0.394 e. The van der Waals surface area contributed by atoms with Gasteiger partial charge in [-0.1, -0.05) is 13.8 Å². The van der Waals surface area contributed by atoms with E-state index in [-0.39, 0.29) is 12.7 Å². The molecule has 112 valence electrons. The first kappa shape index (κ1) is 15.2. The van der Waals surface area contributed by atoms with Gasteiger partial charge in [-0.3, -0.25) is 0 Å². The Labute approximate surface area is 121 Å². The summed E-state index contributed by atoms with van der Waals surface area (Å²) in [5, 5.41) is 8.78. The van der Waals surface area contributed by atoms with Gasteiger partial charge in [-0.05, 0) is 31.7 Å². The van der Waals surface area contributed by atoms with Crippen molar-refractivity contribution in [1.29, 1.82) is 0 Å². The van der Waals surface area contributed by atoms with E-state index in [4.69, 9.17) is 9.84 Å². The van der Waals surface area contributed by atoms with Crippen LogP contribution in [0, 0.1) is 6.92 Å². The minimum atomic E-state index is 0.0962. The summed E-state index contributed by atoms with van der Waals surface area (Å²) in [6.07, 6.45) is 2.19. The quantitative estimate of drug-likeness (QED) is 0.892. The lowest BCUT2D eigenvalue weighted by Crippen LogP contribution is -2.38. The van der Waals surface area contributed by atoms with Crippen LogP contribution < -0.4 is 4.90 Å². The van der Waals surface area contributed by atoms with E-state index in [0.29, 0.717) is 12.5 Å². The zero-order chi connectivity index (χ0) is 14.5. The number of aliphatic hydroxyl groups excluding tert-OH is 1. The zero-order valence-electron chi connectivity index (χ0n) is 12.7. The zero-order valence-corrected chi connectivity index (χ0v) is 12.7. The number of aryl methyl sites for hydroxylation is 1. The van der Waals surface area contributed by atoms with E-state index in [1.54, 1.807) is 0 Å². The molecule has 1 saturated heterocycles. The third kappa shape index (κ3) is 3.90. The lowest BCUT2D eigenvalue weighted by molar-refractivity contribution is 0.0157. The highest BCUT2D eigenvalue weighted by Crippen LogP contribution is 2.21. The second kappa shape index (κ2) is 6.99. The van der Waals surface area contributed by atoms with Crippen molar-refractivity contribution in [2.24, 2.45) is 0 Å². The van der Waals surface area contributed by atoms with Crippen molar-refractivity contribution in [1.82, 2.24) is 9.97 Å². The Morgan fingerprint density at radius 3 is 2.65 bits per heavy atom. The smallest absolute Gasteiger partial charge is 0.225 e. The highest BCUT2D eigenvalue weighted by atomic mass is 16.5. The molecule has 0 spiro atoms. The average molecular weight is 279 g/mol. The summed E-state index contributed by atoms with van der Waals surface area (Å²) < 4.78 is 5.58. The molecule has 20 heavy (non-hydrogen) atoms. The summed E-state index contributed by atoms with van der Waals surface area (Å²) in [4.78, 5) is 11.5. The molecule has 5 nitrogen and oxygen atoms in total. The maximum atomic E-state index is 8.78. The molecule has 5 heteroatoms. The molecule has 0 amide bonds. The molecular weight excluding hydrogens is 254 g/mol. The second-order valence-corrected chi connectivity index (χ2v) is 5.67. The molecule has 0 saturated carbocycles. The molecule has 0 radical (unpaired) electrons. The standard InChI is InChI=1S/C15H25N3O2/c1-11(2)14-10-12(3)16-15(17-14)18-6-4-13(5-7-18)20-9-8-19/h10-11,13,19H,4-9H2,1-3H3. The van der Waals surface area contributed by atoms with Crippen molar-refractivity contribution in [2.45, 2.75) is 45.6 Å². The van der Waals surface area contributed by atoms with Crippen LogP contribution in [-0.2, 0) is 4.74 Å². The Morgan fingerprint density at radius 1 is 1.35 bits per heavy atom. The molecule has 0 atom stereocenters. The molecule has 1 fully saturated rings. The molecule has 2 heterocycles. The first-order chi connectivity index (χ1) is 9.60. The molecule has 0 aromatic carbocycles. The highest BCUT2D eigenvalue weighted by molar-refractivity contribution is 5.33. The van der Waals surface area contributed by atoms with Crippen molar-refractivity contribution in [2.75, 3.05) is 31.2 Å². The van der Waals surface area contributed by atoms with E-state index >= 15 is 0 Å². The largest absolute Gasteiger partial charge is 0.394 e. The number of hydrogen-bond acceptors (Lipinski definition) is 5. The van der Waals surface area contributed by atoms with Gasteiger partial charge in [0.15, 0.2) is 0 Å². The minimum absolute atomic E-state index is 0.0962. The van der Waals surface area contributed by atoms with Crippen LogP contribution in [0.25, 0.3) is 0 Å². The van der Waals surface area contributed by atoms with Crippen molar-refractivity contribution >= 4 is 5.95 Å². The summed E-state index contributed by atoms with van der Waals surface area (Å²) >= 11 is 0. The van der Waals surface area contributed by atoms with Gasteiger partial charge in [-0.25, -0.2) is 9.97 Å². The van der Waals surface area contributed by atoms with Gasteiger partial charge in [-0.15, -0.1) is 0 Å². The molecule has 0 unspecified atom stereocenters. The molecule has 1 aromatic heterocycles. The highest BCUT2D eigenvalue weighted by Gasteiger charge is 2.22. The van der Waals surface area contributed by atoms with Crippen LogP contribution in [-0.4, -0.2) is 47.5 Å². The maximum absolute atomic E-state index is 8.78. The van der Waals surface area contributed by atoms with E-state index < -0.39 is 0 Å². The molecule has 1 N–H and O–H groups in total. The van der Waals surface area contributed by atoms with E-state index in [0.717, 1.165) is 43.3 Å². The number of hydrogen-bond donors (Lipinski definition) is 1. The first-order valence-corrected chi connectivity index (χ1v) is 7.43. The molecule has 2 rings (SSSR count). The van der Waals surface area contributed by atoms with Crippen molar-refractivity contribution in [3.8, 4) is 0 Å². The number of piperidine rings is 1. The Hall–Kier alpha value is -1.20. The summed E-state index contributed by atoms with van der Waals surface area (Å²) in [6.45, 7) is 8.69. The van der Waals surface area contributed by atoms with Crippen LogP contribution in [0.1, 0.15) is 44.0 Å². The number of aliphatic hydroxyl groups is 1. The molecule has 0 bridgehead atoms. The van der Waals surface area contributed by atoms with Gasteiger partial charge in [0.25, 0.3) is 0 Å². The lowest BCUT2D eigenvalue weighted by atomic mass is 10.1. The van der Waals surface area contributed by atoms with Gasteiger partial charge in [0.1, 0.15) is 0 Å². The first-order valence-electron chi connectivity index (χ1n) is 7.43.